The zero-order valence-corrected chi connectivity index (χ0v) is 34.5. The predicted octanol–water partition coefficient (Wildman–Crippen LogP) is 15.8. The van der Waals surface area contributed by atoms with Gasteiger partial charge in [-0.1, -0.05) is 91.0 Å². The topological polar surface area (TPSA) is 83.7 Å². The average molecular weight is 859 g/mol. The van der Waals surface area contributed by atoms with Crippen LogP contribution in [0.5, 0.6) is 0 Å². The van der Waals surface area contributed by atoms with Crippen LogP contribution < -0.4 is 0 Å². The Kier molecular flexibility index (Phi) is 7.80. The summed E-state index contributed by atoms with van der Waals surface area (Å²) in [5.41, 5.74) is 8.59. The molecule has 13 rings (SSSR count). The first-order valence-corrected chi connectivity index (χ1v) is 21.3. The molecule has 0 amide bonds. The molecule has 0 aliphatic heterocycles. The third kappa shape index (κ3) is 5.29. The first kappa shape index (κ1) is 37.5. The lowest BCUT2D eigenvalue weighted by Gasteiger charge is -2.21. The fourth-order valence-corrected chi connectivity index (χ4v) is 10.2. The summed E-state index contributed by atoms with van der Waals surface area (Å²) in [5.74, 6) is 0. The zero-order valence-electron chi connectivity index (χ0n) is 34.5. The van der Waals surface area contributed by atoms with Crippen LogP contribution in [0.3, 0.4) is 0 Å². The van der Waals surface area contributed by atoms with Crippen LogP contribution in [0.15, 0.2) is 185 Å². The maximum Gasteiger partial charge on any atom is 0.417 e. The normalized spacial score (nSPS) is 12.1. The molecular formula is C57H29F3N4O2. The number of fused-ring (bicyclic) bond motifs is 14. The van der Waals surface area contributed by atoms with Crippen molar-refractivity contribution in [1.29, 1.82) is 10.5 Å². The van der Waals surface area contributed by atoms with Crippen LogP contribution in [0.25, 0.3) is 121 Å². The third-order valence-corrected chi connectivity index (χ3v) is 13.0. The minimum absolute atomic E-state index is 0.0696. The van der Waals surface area contributed by atoms with E-state index in [2.05, 4.69) is 51.6 Å². The number of hydrogen-bond donors (Lipinski definition) is 0. The predicted molar refractivity (Wildman–Crippen MR) is 255 cm³/mol. The first-order chi connectivity index (χ1) is 32.3. The van der Waals surface area contributed by atoms with Crippen LogP contribution in [0.4, 0.5) is 13.2 Å². The van der Waals surface area contributed by atoms with Gasteiger partial charge in [-0.25, -0.2) is 0 Å². The summed E-state index contributed by atoms with van der Waals surface area (Å²) >= 11 is 0. The molecule has 6 nitrogen and oxygen atoms in total. The van der Waals surface area contributed by atoms with Crippen molar-refractivity contribution < 1.29 is 22.0 Å². The second-order valence-electron chi connectivity index (χ2n) is 16.5. The van der Waals surface area contributed by atoms with Crippen molar-refractivity contribution in [3.63, 3.8) is 0 Å². The van der Waals surface area contributed by atoms with Gasteiger partial charge in [0.15, 0.2) is 0 Å². The van der Waals surface area contributed by atoms with Gasteiger partial charge in [0.1, 0.15) is 22.3 Å². The fourth-order valence-electron chi connectivity index (χ4n) is 10.2. The van der Waals surface area contributed by atoms with E-state index in [1.807, 2.05) is 109 Å². The van der Waals surface area contributed by atoms with Crippen molar-refractivity contribution in [2.24, 2.45) is 0 Å². The second-order valence-corrected chi connectivity index (χ2v) is 16.5. The van der Waals surface area contributed by atoms with Gasteiger partial charge in [-0.15, -0.1) is 0 Å². The lowest BCUT2D eigenvalue weighted by Crippen LogP contribution is -2.08. The highest BCUT2D eigenvalue weighted by Crippen LogP contribution is 2.47. The van der Waals surface area contributed by atoms with Crippen LogP contribution in [-0.2, 0) is 6.18 Å². The molecule has 66 heavy (non-hydrogen) atoms. The van der Waals surface area contributed by atoms with E-state index in [0.29, 0.717) is 33.6 Å². The molecule has 9 heteroatoms. The summed E-state index contributed by atoms with van der Waals surface area (Å²) in [4.78, 5) is 0. The molecule has 13 aromatic rings. The molecule has 0 bridgehead atoms. The number of nitrogens with zero attached hydrogens (tertiary/aromatic N) is 4. The molecule has 0 spiro atoms. The number of alkyl halides is 3. The minimum atomic E-state index is -4.75. The minimum Gasteiger partial charge on any atom is -0.455 e. The number of nitriles is 2. The first-order valence-electron chi connectivity index (χ1n) is 21.3. The molecule has 0 aliphatic rings. The van der Waals surface area contributed by atoms with E-state index in [4.69, 9.17) is 8.83 Å². The van der Waals surface area contributed by atoms with Gasteiger partial charge in [0, 0.05) is 43.4 Å². The molecule has 0 saturated heterocycles. The van der Waals surface area contributed by atoms with Gasteiger partial charge < -0.3 is 18.0 Å². The zero-order chi connectivity index (χ0) is 44.4. The van der Waals surface area contributed by atoms with Gasteiger partial charge in [-0.2, -0.15) is 23.7 Å². The summed E-state index contributed by atoms with van der Waals surface area (Å²) in [6.45, 7) is 0. The van der Waals surface area contributed by atoms with Crippen molar-refractivity contribution in [3.8, 4) is 45.8 Å². The van der Waals surface area contributed by atoms with Crippen LogP contribution in [0.1, 0.15) is 16.7 Å². The molecule has 4 aromatic heterocycles. The molecule has 0 radical (unpaired) electrons. The summed E-state index contributed by atoms with van der Waals surface area (Å²) in [6.07, 6.45) is -4.75. The number of benzene rings is 9. The Morgan fingerprint density at radius 1 is 0.409 bits per heavy atom. The Balaban J connectivity index is 1.17. The van der Waals surface area contributed by atoms with Crippen molar-refractivity contribution in [1.82, 2.24) is 9.13 Å². The van der Waals surface area contributed by atoms with Gasteiger partial charge in [-0.3, -0.25) is 0 Å². The molecule has 0 atom stereocenters. The van der Waals surface area contributed by atoms with Crippen LogP contribution in [0, 0.1) is 22.7 Å². The van der Waals surface area contributed by atoms with Gasteiger partial charge in [0.25, 0.3) is 0 Å². The molecule has 4 heterocycles. The van der Waals surface area contributed by atoms with E-state index in [9.17, 15) is 23.7 Å². The highest BCUT2D eigenvalue weighted by Gasteiger charge is 2.35. The van der Waals surface area contributed by atoms with E-state index in [1.165, 1.54) is 12.1 Å². The number of halogens is 3. The van der Waals surface area contributed by atoms with Gasteiger partial charge in [0.2, 0.25) is 0 Å². The number of furan rings is 2. The monoisotopic (exact) mass is 858 g/mol. The summed E-state index contributed by atoms with van der Waals surface area (Å²) in [6, 6.07) is 58.9. The quantitative estimate of drug-likeness (QED) is 0.176. The Bertz CT molecular complexity index is 4320. The molecule has 9 aromatic carbocycles. The highest BCUT2D eigenvalue weighted by molar-refractivity contribution is 6.25. The van der Waals surface area contributed by atoms with E-state index < -0.39 is 11.7 Å². The third-order valence-electron chi connectivity index (χ3n) is 13.0. The molecule has 0 unspecified atom stereocenters. The van der Waals surface area contributed by atoms with Gasteiger partial charge in [-0.05, 0) is 96.1 Å². The second kappa shape index (κ2) is 13.7. The molecule has 0 saturated carbocycles. The average Bonchev–Trinajstić information content (AvgIpc) is 4.11. The molecule has 310 valence electrons. The Morgan fingerprint density at radius 3 is 1.47 bits per heavy atom. The smallest absolute Gasteiger partial charge is 0.417 e. The van der Waals surface area contributed by atoms with E-state index >= 15 is 0 Å². The molecular weight excluding hydrogens is 830 g/mol. The molecule has 0 N–H and O–H groups in total. The number of hydrogen-bond acceptors (Lipinski definition) is 4. The standard InChI is InChI=1S/C57H29F3N4O2/c58-57(59,60)44-27-32(30-61)17-20-35(44)34-19-24-47(63-45-13-5-1-11-41(45)53-48(63)25-22-39-37-9-3-7-15-51(37)65-55(39)53)43(29-34)36-21-18-33(31-62)28-50(36)64-46-14-6-2-12-42(46)54-49(64)26-23-40-38-10-4-8-16-52(38)66-56(40)54/h1-29H. The Morgan fingerprint density at radius 2 is 0.909 bits per heavy atom. The van der Waals surface area contributed by atoms with Crippen molar-refractivity contribution in [2.45, 2.75) is 6.18 Å². The lowest BCUT2D eigenvalue weighted by molar-refractivity contribution is -0.137. The summed E-state index contributed by atoms with van der Waals surface area (Å²) in [7, 11) is 0. The van der Waals surface area contributed by atoms with Crippen molar-refractivity contribution in [3.05, 3.63) is 193 Å². The van der Waals surface area contributed by atoms with Crippen molar-refractivity contribution in [2.75, 3.05) is 0 Å². The molecule has 0 fully saturated rings. The number of rotatable bonds is 4. The maximum absolute atomic E-state index is 15.0. The maximum atomic E-state index is 15.0. The largest absolute Gasteiger partial charge is 0.455 e. The number of aromatic nitrogens is 2. The molecule has 0 aliphatic carbocycles. The van der Waals surface area contributed by atoms with Crippen LogP contribution in [-0.4, -0.2) is 9.13 Å². The van der Waals surface area contributed by atoms with Crippen LogP contribution >= 0.6 is 0 Å². The Hall–Kier alpha value is -9.05. The lowest BCUT2D eigenvalue weighted by atomic mass is 9.92. The fraction of sp³-hybridized carbons (Fsp3) is 0.0175. The van der Waals surface area contributed by atoms with Gasteiger partial charge >= 0.3 is 6.18 Å². The SMILES string of the molecule is N#Cc1ccc(-c2cc(-c3ccc(C#N)cc3C(F)(F)F)ccc2-n2c3ccccc3c3c4oc5ccccc5c4ccc32)c(-n2c3ccccc3c3c4oc5ccccc5c4ccc32)c1. The van der Waals surface area contributed by atoms with E-state index in [-0.39, 0.29) is 11.1 Å². The Labute approximate surface area is 372 Å². The van der Waals surface area contributed by atoms with E-state index in [0.717, 1.165) is 93.6 Å². The summed E-state index contributed by atoms with van der Waals surface area (Å²) < 4.78 is 62.4. The summed E-state index contributed by atoms with van der Waals surface area (Å²) in [5, 5.41) is 27.7. The van der Waals surface area contributed by atoms with Crippen LogP contribution in [0.2, 0.25) is 0 Å². The van der Waals surface area contributed by atoms with Crippen molar-refractivity contribution >= 4 is 87.5 Å². The number of para-hydroxylation sites is 4. The van der Waals surface area contributed by atoms with E-state index in [1.54, 1.807) is 18.2 Å². The highest BCUT2D eigenvalue weighted by atomic mass is 19.4. The van der Waals surface area contributed by atoms with Gasteiger partial charge in [0.05, 0.1) is 73.0 Å².